The Hall–Kier alpha value is 0.01000. The van der Waals surface area contributed by atoms with Gasteiger partial charge in [-0.15, -0.1) is 11.3 Å². The molecule has 0 aliphatic rings. The highest BCUT2D eigenvalue weighted by molar-refractivity contribution is 7.98. The highest BCUT2D eigenvalue weighted by atomic mass is 32.2. The Labute approximate surface area is 95.3 Å². The summed E-state index contributed by atoms with van der Waals surface area (Å²) < 4.78 is 0. The Morgan fingerprint density at radius 3 is 2.86 bits per heavy atom. The van der Waals surface area contributed by atoms with E-state index in [1.165, 1.54) is 28.3 Å². The number of aryl methyl sites for hydroxylation is 1. The number of hydrogen-bond acceptors (Lipinski definition) is 3. The molecule has 0 aliphatic heterocycles. The molecule has 0 saturated heterocycles. The predicted octanol–water partition coefficient (Wildman–Crippen LogP) is 3.29. The summed E-state index contributed by atoms with van der Waals surface area (Å²) in [5.74, 6) is 1.29. The summed E-state index contributed by atoms with van der Waals surface area (Å²) in [6.07, 6.45) is 4.80. The van der Waals surface area contributed by atoms with Gasteiger partial charge in [0.15, 0.2) is 0 Å². The maximum Gasteiger partial charge on any atom is 0.0299 e. The standard InChI is InChI=1S/C11H19NS2/c1-10-5-6-11(14-10)9-12-7-3-4-8-13-2/h5-6,12H,3-4,7-9H2,1-2H3. The summed E-state index contributed by atoms with van der Waals surface area (Å²) in [5.41, 5.74) is 0. The van der Waals surface area contributed by atoms with Gasteiger partial charge in [0.05, 0.1) is 0 Å². The van der Waals surface area contributed by atoms with Crippen molar-refractivity contribution in [2.75, 3.05) is 18.6 Å². The first kappa shape index (κ1) is 12.1. The van der Waals surface area contributed by atoms with Crippen LogP contribution in [-0.2, 0) is 6.54 Å². The molecule has 1 rings (SSSR count). The quantitative estimate of drug-likeness (QED) is 0.720. The van der Waals surface area contributed by atoms with Crippen molar-refractivity contribution in [1.82, 2.24) is 5.32 Å². The molecule has 0 amide bonds. The van der Waals surface area contributed by atoms with Gasteiger partial charge in [-0.3, -0.25) is 0 Å². The summed E-state index contributed by atoms with van der Waals surface area (Å²) in [6, 6.07) is 4.41. The molecule has 0 aromatic carbocycles. The Kier molecular flexibility index (Phi) is 6.32. The second-order valence-electron chi connectivity index (χ2n) is 3.39. The van der Waals surface area contributed by atoms with Crippen LogP contribution in [0, 0.1) is 6.92 Å². The zero-order chi connectivity index (χ0) is 10.2. The minimum absolute atomic E-state index is 1.04. The van der Waals surface area contributed by atoms with Gasteiger partial charge in [0.25, 0.3) is 0 Å². The molecule has 0 aliphatic carbocycles. The van der Waals surface area contributed by atoms with E-state index in [0.29, 0.717) is 0 Å². The van der Waals surface area contributed by atoms with Gasteiger partial charge < -0.3 is 5.32 Å². The summed E-state index contributed by atoms with van der Waals surface area (Å²) in [5, 5.41) is 3.48. The molecule has 0 unspecified atom stereocenters. The lowest BCUT2D eigenvalue weighted by Crippen LogP contribution is -2.13. The molecule has 0 fully saturated rings. The number of hydrogen-bond donors (Lipinski definition) is 1. The van der Waals surface area contributed by atoms with Gasteiger partial charge in [-0.05, 0) is 50.5 Å². The van der Waals surface area contributed by atoms with Crippen LogP contribution in [0.15, 0.2) is 12.1 Å². The number of thioether (sulfide) groups is 1. The van der Waals surface area contributed by atoms with Crippen molar-refractivity contribution in [2.24, 2.45) is 0 Å². The van der Waals surface area contributed by atoms with Gasteiger partial charge in [0, 0.05) is 16.3 Å². The molecule has 1 N–H and O–H groups in total. The van der Waals surface area contributed by atoms with Crippen molar-refractivity contribution >= 4 is 23.1 Å². The number of nitrogens with one attached hydrogen (secondary N) is 1. The smallest absolute Gasteiger partial charge is 0.0299 e. The van der Waals surface area contributed by atoms with Gasteiger partial charge in [0.2, 0.25) is 0 Å². The highest BCUT2D eigenvalue weighted by Crippen LogP contribution is 2.14. The molecule has 14 heavy (non-hydrogen) atoms. The number of unbranched alkanes of at least 4 members (excludes halogenated alkanes) is 1. The molecule has 1 aromatic rings. The summed E-state index contributed by atoms with van der Waals surface area (Å²) >= 11 is 3.82. The topological polar surface area (TPSA) is 12.0 Å². The van der Waals surface area contributed by atoms with Gasteiger partial charge in [-0.1, -0.05) is 0 Å². The number of rotatable bonds is 7. The third-order valence-corrected chi connectivity index (χ3v) is 3.74. The Balaban J connectivity index is 1.99. The third kappa shape index (κ3) is 5.03. The van der Waals surface area contributed by atoms with Crippen LogP contribution in [0.4, 0.5) is 0 Å². The van der Waals surface area contributed by atoms with Crippen LogP contribution >= 0.6 is 23.1 Å². The van der Waals surface area contributed by atoms with Gasteiger partial charge in [0.1, 0.15) is 0 Å². The molecule has 0 atom stereocenters. The molecule has 1 heterocycles. The molecule has 0 radical (unpaired) electrons. The van der Waals surface area contributed by atoms with Crippen molar-refractivity contribution < 1.29 is 0 Å². The second kappa shape index (κ2) is 7.32. The molecular weight excluding hydrogens is 210 g/mol. The molecule has 0 saturated carbocycles. The number of thiophene rings is 1. The van der Waals surface area contributed by atoms with Crippen LogP contribution in [-0.4, -0.2) is 18.6 Å². The lowest BCUT2D eigenvalue weighted by atomic mass is 10.3. The first-order chi connectivity index (χ1) is 6.83. The van der Waals surface area contributed by atoms with Crippen molar-refractivity contribution in [1.29, 1.82) is 0 Å². The first-order valence-electron chi connectivity index (χ1n) is 5.08. The Morgan fingerprint density at radius 1 is 1.36 bits per heavy atom. The highest BCUT2D eigenvalue weighted by Gasteiger charge is 1.95. The van der Waals surface area contributed by atoms with Crippen molar-refractivity contribution in [3.05, 3.63) is 21.9 Å². The minimum atomic E-state index is 1.04. The Morgan fingerprint density at radius 2 is 2.21 bits per heavy atom. The van der Waals surface area contributed by atoms with E-state index in [1.54, 1.807) is 0 Å². The van der Waals surface area contributed by atoms with Crippen LogP contribution in [0.5, 0.6) is 0 Å². The lowest BCUT2D eigenvalue weighted by Gasteiger charge is -2.01. The van der Waals surface area contributed by atoms with Gasteiger partial charge >= 0.3 is 0 Å². The van der Waals surface area contributed by atoms with E-state index in [0.717, 1.165) is 13.1 Å². The molecular formula is C11H19NS2. The van der Waals surface area contributed by atoms with Crippen molar-refractivity contribution in [3.8, 4) is 0 Å². The third-order valence-electron chi connectivity index (χ3n) is 2.05. The second-order valence-corrected chi connectivity index (χ2v) is 5.75. The molecule has 1 aromatic heterocycles. The van der Waals surface area contributed by atoms with E-state index < -0.39 is 0 Å². The average molecular weight is 229 g/mol. The minimum Gasteiger partial charge on any atom is -0.312 e. The summed E-state index contributed by atoms with van der Waals surface area (Å²) in [6.45, 7) is 4.35. The monoisotopic (exact) mass is 229 g/mol. The summed E-state index contributed by atoms with van der Waals surface area (Å²) in [7, 11) is 0. The first-order valence-corrected chi connectivity index (χ1v) is 7.29. The van der Waals surface area contributed by atoms with Crippen LogP contribution in [0.25, 0.3) is 0 Å². The van der Waals surface area contributed by atoms with E-state index >= 15 is 0 Å². The average Bonchev–Trinajstić information content (AvgIpc) is 2.58. The maximum absolute atomic E-state index is 3.48. The summed E-state index contributed by atoms with van der Waals surface area (Å²) in [4.78, 5) is 2.86. The zero-order valence-corrected chi connectivity index (χ0v) is 10.6. The van der Waals surface area contributed by atoms with E-state index in [-0.39, 0.29) is 0 Å². The Bertz CT molecular complexity index is 245. The van der Waals surface area contributed by atoms with Crippen LogP contribution in [0.1, 0.15) is 22.6 Å². The van der Waals surface area contributed by atoms with Crippen LogP contribution in [0.3, 0.4) is 0 Å². The maximum atomic E-state index is 3.48. The van der Waals surface area contributed by atoms with Crippen LogP contribution < -0.4 is 5.32 Å². The SMILES string of the molecule is CSCCCCNCc1ccc(C)s1. The predicted molar refractivity (Wildman–Crippen MR) is 68.4 cm³/mol. The van der Waals surface area contributed by atoms with E-state index in [9.17, 15) is 0 Å². The molecule has 3 heteroatoms. The molecule has 1 nitrogen and oxygen atoms in total. The zero-order valence-electron chi connectivity index (χ0n) is 9.01. The normalized spacial score (nSPS) is 10.7. The van der Waals surface area contributed by atoms with E-state index in [4.69, 9.17) is 0 Å². The van der Waals surface area contributed by atoms with Crippen LogP contribution in [0.2, 0.25) is 0 Å². The largest absolute Gasteiger partial charge is 0.312 e. The van der Waals surface area contributed by atoms with Crippen molar-refractivity contribution in [2.45, 2.75) is 26.3 Å². The molecule has 80 valence electrons. The molecule has 0 spiro atoms. The lowest BCUT2D eigenvalue weighted by molar-refractivity contribution is 0.648. The van der Waals surface area contributed by atoms with Gasteiger partial charge in [-0.2, -0.15) is 11.8 Å². The van der Waals surface area contributed by atoms with Crippen molar-refractivity contribution in [3.63, 3.8) is 0 Å². The molecule has 0 bridgehead atoms. The fraction of sp³-hybridized carbons (Fsp3) is 0.636. The van der Waals surface area contributed by atoms with E-state index in [2.05, 4.69) is 30.6 Å². The van der Waals surface area contributed by atoms with E-state index in [1.807, 2.05) is 23.1 Å². The fourth-order valence-corrected chi connectivity index (χ4v) is 2.64. The fourth-order valence-electron chi connectivity index (χ4n) is 1.29. The van der Waals surface area contributed by atoms with Gasteiger partial charge in [-0.25, -0.2) is 0 Å².